The van der Waals surface area contributed by atoms with Gasteiger partial charge in [-0.05, 0) is 24.3 Å². The predicted octanol–water partition coefficient (Wildman–Crippen LogP) is 2.80. The number of ether oxygens (including phenoxy) is 3. The molecule has 0 aliphatic carbocycles. The van der Waals surface area contributed by atoms with Crippen LogP contribution in [0.2, 0.25) is 0 Å². The lowest BCUT2D eigenvalue weighted by atomic mass is 10.2. The smallest absolute Gasteiger partial charge is 0.330 e. The average molecular weight is 425 g/mol. The molecule has 0 saturated carbocycles. The minimum atomic E-state index is -0.695. The number of nitrogens with one attached hydrogen (secondary N) is 2. The SMILES string of the molecule is C=CC(=O)OCCOc1ccccc1N/N=C(\C(C)=O)C(=O)Nc1ccccc1OC. The maximum absolute atomic E-state index is 12.6. The van der Waals surface area contributed by atoms with E-state index in [9.17, 15) is 14.4 Å². The van der Waals surface area contributed by atoms with Crippen molar-refractivity contribution in [2.75, 3.05) is 31.1 Å². The van der Waals surface area contributed by atoms with E-state index < -0.39 is 17.7 Å². The molecule has 2 aromatic carbocycles. The van der Waals surface area contributed by atoms with Gasteiger partial charge in [-0.1, -0.05) is 30.8 Å². The molecule has 2 rings (SSSR count). The van der Waals surface area contributed by atoms with Crippen molar-refractivity contribution in [1.82, 2.24) is 0 Å². The number of para-hydroxylation sites is 4. The summed E-state index contributed by atoms with van der Waals surface area (Å²) in [6.45, 7) is 4.67. The molecule has 0 saturated heterocycles. The van der Waals surface area contributed by atoms with E-state index in [4.69, 9.17) is 14.2 Å². The van der Waals surface area contributed by atoms with Gasteiger partial charge in [0.1, 0.15) is 24.7 Å². The summed E-state index contributed by atoms with van der Waals surface area (Å²) in [7, 11) is 1.47. The largest absolute Gasteiger partial charge is 0.495 e. The number of nitrogens with zero attached hydrogens (tertiary/aromatic N) is 1. The molecule has 0 radical (unpaired) electrons. The first-order valence-corrected chi connectivity index (χ1v) is 9.26. The van der Waals surface area contributed by atoms with E-state index in [2.05, 4.69) is 22.4 Å². The summed E-state index contributed by atoms with van der Waals surface area (Å²) < 4.78 is 15.6. The number of methoxy groups -OCH3 is 1. The summed E-state index contributed by atoms with van der Waals surface area (Å²) in [6, 6.07) is 13.6. The van der Waals surface area contributed by atoms with Gasteiger partial charge in [0, 0.05) is 13.0 Å². The zero-order valence-corrected chi connectivity index (χ0v) is 17.2. The zero-order chi connectivity index (χ0) is 22.6. The zero-order valence-electron chi connectivity index (χ0n) is 17.2. The van der Waals surface area contributed by atoms with Crippen LogP contribution in [0.4, 0.5) is 11.4 Å². The van der Waals surface area contributed by atoms with Gasteiger partial charge in [-0.25, -0.2) is 4.79 Å². The summed E-state index contributed by atoms with van der Waals surface area (Å²) in [4.78, 5) is 35.6. The third-order valence-corrected chi connectivity index (χ3v) is 3.83. The Morgan fingerprint density at radius 3 is 2.29 bits per heavy atom. The predicted molar refractivity (Wildman–Crippen MR) is 116 cm³/mol. The van der Waals surface area contributed by atoms with Crippen LogP contribution in [0.5, 0.6) is 11.5 Å². The molecular weight excluding hydrogens is 402 g/mol. The highest BCUT2D eigenvalue weighted by atomic mass is 16.6. The van der Waals surface area contributed by atoms with Crippen LogP contribution in [0.3, 0.4) is 0 Å². The van der Waals surface area contributed by atoms with Gasteiger partial charge >= 0.3 is 5.97 Å². The van der Waals surface area contributed by atoms with E-state index in [-0.39, 0.29) is 18.9 Å². The number of hydrogen-bond donors (Lipinski definition) is 2. The van der Waals surface area contributed by atoms with Crippen molar-refractivity contribution < 1.29 is 28.6 Å². The molecule has 0 bridgehead atoms. The van der Waals surface area contributed by atoms with Crippen molar-refractivity contribution in [2.45, 2.75) is 6.92 Å². The second-order valence-electron chi connectivity index (χ2n) is 6.00. The molecule has 0 fully saturated rings. The molecule has 2 aromatic rings. The van der Waals surface area contributed by atoms with Crippen LogP contribution < -0.4 is 20.2 Å². The number of Topliss-reactive ketones (excluding diaryl/α,β-unsaturated/α-hetero) is 1. The van der Waals surface area contributed by atoms with Crippen molar-refractivity contribution in [1.29, 1.82) is 0 Å². The second kappa shape index (κ2) is 11.8. The first kappa shape index (κ1) is 23.1. The molecule has 0 aromatic heterocycles. The van der Waals surface area contributed by atoms with Gasteiger partial charge in [-0.15, -0.1) is 0 Å². The fourth-order valence-corrected chi connectivity index (χ4v) is 2.37. The van der Waals surface area contributed by atoms with E-state index in [0.717, 1.165) is 6.08 Å². The van der Waals surface area contributed by atoms with Gasteiger partial charge in [0.05, 0.1) is 18.5 Å². The number of anilines is 2. The quantitative estimate of drug-likeness (QED) is 0.142. The van der Waals surface area contributed by atoms with Gasteiger partial charge in [-0.2, -0.15) is 5.10 Å². The van der Waals surface area contributed by atoms with Crippen LogP contribution >= 0.6 is 0 Å². The molecule has 0 aliphatic rings. The van der Waals surface area contributed by atoms with Crippen molar-refractivity contribution in [3.05, 3.63) is 61.2 Å². The molecule has 162 valence electrons. The van der Waals surface area contributed by atoms with E-state index in [1.165, 1.54) is 14.0 Å². The molecule has 0 atom stereocenters. The fraction of sp³-hybridized carbons (Fsp3) is 0.182. The summed E-state index contributed by atoms with van der Waals surface area (Å²) in [6.07, 6.45) is 1.06. The minimum absolute atomic E-state index is 0.0302. The van der Waals surface area contributed by atoms with Crippen LogP contribution in [0.25, 0.3) is 0 Å². The molecular formula is C22H23N3O6. The van der Waals surface area contributed by atoms with Crippen LogP contribution in [0.15, 0.2) is 66.3 Å². The highest BCUT2D eigenvalue weighted by molar-refractivity contribution is 6.67. The molecule has 0 spiro atoms. The average Bonchev–Trinajstić information content (AvgIpc) is 2.77. The Bertz CT molecular complexity index is 987. The van der Waals surface area contributed by atoms with E-state index >= 15 is 0 Å². The molecule has 0 unspecified atom stereocenters. The molecule has 1 amide bonds. The lowest BCUT2D eigenvalue weighted by Crippen LogP contribution is -2.29. The minimum Gasteiger partial charge on any atom is -0.495 e. The number of carbonyl (C=O) groups is 3. The van der Waals surface area contributed by atoms with Crippen LogP contribution in [0, 0.1) is 0 Å². The maximum Gasteiger partial charge on any atom is 0.330 e. The maximum atomic E-state index is 12.6. The Balaban J connectivity index is 2.10. The van der Waals surface area contributed by atoms with Crippen LogP contribution in [-0.2, 0) is 19.1 Å². The van der Waals surface area contributed by atoms with Crippen LogP contribution in [-0.4, -0.2) is 43.7 Å². The highest BCUT2D eigenvalue weighted by Crippen LogP contribution is 2.24. The van der Waals surface area contributed by atoms with Gasteiger partial charge in [0.2, 0.25) is 0 Å². The first-order valence-electron chi connectivity index (χ1n) is 9.26. The van der Waals surface area contributed by atoms with Crippen molar-refractivity contribution in [3.8, 4) is 11.5 Å². The first-order chi connectivity index (χ1) is 15.0. The Hall–Kier alpha value is -4.14. The molecule has 0 aliphatic heterocycles. The summed E-state index contributed by atoms with van der Waals surface area (Å²) in [5, 5.41) is 6.57. The van der Waals surface area contributed by atoms with Crippen molar-refractivity contribution in [2.24, 2.45) is 5.10 Å². The number of amides is 1. The Kier molecular flexibility index (Phi) is 8.78. The topological polar surface area (TPSA) is 115 Å². The molecule has 9 heteroatoms. The number of esters is 1. The number of hydrazone groups is 1. The number of hydrogen-bond acceptors (Lipinski definition) is 8. The third kappa shape index (κ3) is 7.00. The van der Waals surface area contributed by atoms with Gasteiger partial charge in [-0.3, -0.25) is 15.0 Å². The molecule has 31 heavy (non-hydrogen) atoms. The third-order valence-electron chi connectivity index (χ3n) is 3.83. The van der Waals surface area contributed by atoms with E-state index in [1.54, 1.807) is 48.5 Å². The van der Waals surface area contributed by atoms with Crippen molar-refractivity contribution in [3.63, 3.8) is 0 Å². The van der Waals surface area contributed by atoms with Crippen LogP contribution in [0.1, 0.15) is 6.92 Å². The van der Waals surface area contributed by atoms with Gasteiger partial charge in [0.15, 0.2) is 11.5 Å². The molecule has 9 nitrogen and oxygen atoms in total. The van der Waals surface area contributed by atoms with E-state index in [0.29, 0.717) is 22.9 Å². The fourth-order valence-electron chi connectivity index (χ4n) is 2.37. The summed E-state index contributed by atoms with van der Waals surface area (Å²) >= 11 is 0. The van der Waals surface area contributed by atoms with Gasteiger partial charge in [0.25, 0.3) is 5.91 Å². The summed E-state index contributed by atoms with van der Waals surface area (Å²) in [5.74, 6) is -0.933. The highest BCUT2D eigenvalue weighted by Gasteiger charge is 2.19. The number of rotatable bonds is 11. The van der Waals surface area contributed by atoms with Gasteiger partial charge < -0.3 is 19.5 Å². The number of ketones is 1. The number of carbonyl (C=O) groups excluding carboxylic acids is 3. The second-order valence-corrected chi connectivity index (χ2v) is 6.00. The van der Waals surface area contributed by atoms with Crippen molar-refractivity contribution >= 4 is 34.7 Å². The monoisotopic (exact) mass is 425 g/mol. The lowest BCUT2D eigenvalue weighted by Gasteiger charge is -2.12. The lowest BCUT2D eigenvalue weighted by molar-refractivity contribution is -0.138. The molecule has 0 heterocycles. The normalized spacial score (nSPS) is 10.6. The van der Waals surface area contributed by atoms with E-state index in [1.807, 2.05) is 0 Å². The standard InChI is InChI=1S/C22H23N3O6/c1-4-20(27)31-14-13-30-19-12-8-6-10-17(19)24-25-21(15(2)26)22(28)23-16-9-5-7-11-18(16)29-3/h4-12,24H,1,13-14H2,2-3H3,(H,23,28)/b25-21+. The Morgan fingerprint density at radius 2 is 1.65 bits per heavy atom. The molecule has 2 N–H and O–H groups in total. The Morgan fingerprint density at radius 1 is 1.00 bits per heavy atom. The summed E-state index contributed by atoms with van der Waals surface area (Å²) in [5.41, 5.74) is 3.17. The Labute approximate surface area is 179 Å². The number of benzene rings is 2.